The molecule has 3 aromatic heterocycles. The van der Waals surface area contributed by atoms with Crippen molar-refractivity contribution >= 4 is 40.1 Å². The van der Waals surface area contributed by atoms with Crippen LogP contribution in [-0.2, 0) is 17.8 Å². The van der Waals surface area contributed by atoms with Gasteiger partial charge in [0.05, 0.1) is 22.5 Å². The number of carbonyl (C=O) groups is 2. The summed E-state index contributed by atoms with van der Waals surface area (Å²) in [4.78, 5) is 54.5. The summed E-state index contributed by atoms with van der Waals surface area (Å²) in [5.74, 6) is -0.626. The van der Waals surface area contributed by atoms with Gasteiger partial charge in [0, 0.05) is 36.1 Å². The highest BCUT2D eigenvalue weighted by Gasteiger charge is 2.36. The number of fused-ring (bicyclic) bond motifs is 2. The monoisotopic (exact) mass is 536 g/mol. The van der Waals surface area contributed by atoms with Gasteiger partial charge in [0.2, 0.25) is 5.91 Å². The second-order valence-corrected chi connectivity index (χ2v) is 9.55. The Morgan fingerprint density at radius 1 is 0.872 bits per heavy atom. The smallest absolute Gasteiger partial charge is 0.284 e. The van der Waals surface area contributed by atoms with Crippen molar-refractivity contribution in [1.29, 1.82) is 0 Å². The van der Waals surface area contributed by atoms with Gasteiger partial charge in [-0.1, -0.05) is 29.8 Å². The highest BCUT2D eigenvalue weighted by molar-refractivity contribution is 6.31. The number of nitrogens with one attached hydrogen (secondary N) is 1. The lowest BCUT2D eigenvalue weighted by Crippen LogP contribution is -2.46. The Bertz CT molecular complexity index is 1770. The Labute approximate surface area is 227 Å². The maximum absolute atomic E-state index is 13.8. The van der Waals surface area contributed by atoms with E-state index in [9.17, 15) is 14.4 Å². The third-order valence-electron chi connectivity index (χ3n) is 6.63. The minimum Gasteiger partial charge on any atom is -0.323 e. The third kappa shape index (κ3) is 4.75. The Morgan fingerprint density at radius 3 is 2.49 bits per heavy atom. The van der Waals surface area contributed by atoms with E-state index in [1.807, 2.05) is 24.3 Å². The van der Waals surface area contributed by atoms with Crippen molar-refractivity contribution in [3.05, 3.63) is 124 Å². The van der Waals surface area contributed by atoms with Crippen LogP contribution < -0.4 is 10.9 Å². The molecule has 1 N–H and O–H groups in total. The van der Waals surface area contributed by atoms with Crippen LogP contribution in [0, 0.1) is 0 Å². The summed E-state index contributed by atoms with van der Waals surface area (Å²) in [6.07, 6.45) is 4.92. The van der Waals surface area contributed by atoms with Gasteiger partial charge in [0.1, 0.15) is 12.4 Å². The van der Waals surface area contributed by atoms with Gasteiger partial charge >= 0.3 is 0 Å². The Balaban J connectivity index is 1.34. The molecule has 0 bridgehead atoms. The van der Waals surface area contributed by atoms with Crippen LogP contribution in [0.2, 0.25) is 5.02 Å². The van der Waals surface area contributed by atoms with Crippen molar-refractivity contribution in [2.75, 3.05) is 5.32 Å². The van der Waals surface area contributed by atoms with E-state index in [1.54, 1.807) is 65.8 Å². The van der Waals surface area contributed by atoms with Crippen molar-refractivity contribution in [3.63, 3.8) is 0 Å². The van der Waals surface area contributed by atoms with E-state index < -0.39 is 6.04 Å². The van der Waals surface area contributed by atoms with Crippen LogP contribution >= 0.6 is 11.6 Å². The second kappa shape index (κ2) is 10.1. The molecule has 5 aromatic rings. The average Bonchev–Trinajstić information content (AvgIpc) is 3.04. The van der Waals surface area contributed by atoms with E-state index in [0.717, 1.165) is 5.56 Å². The highest BCUT2D eigenvalue weighted by Crippen LogP contribution is 2.28. The zero-order valence-electron chi connectivity index (χ0n) is 20.5. The number of aromatic nitrogens is 4. The molecule has 39 heavy (non-hydrogen) atoms. The fraction of sp³-hybridized carbons (Fsp3) is 0.103. The van der Waals surface area contributed by atoms with Crippen LogP contribution in [0.15, 0.2) is 96.3 Å². The lowest BCUT2D eigenvalue weighted by atomic mass is 10.1. The molecule has 10 heteroatoms. The predicted octanol–water partition coefficient (Wildman–Crippen LogP) is 4.03. The number of hydrogen-bond acceptors (Lipinski definition) is 6. The van der Waals surface area contributed by atoms with Gasteiger partial charge < -0.3 is 10.2 Å². The summed E-state index contributed by atoms with van der Waals surface area (Å²) in [7, 11) is 0. The molecule has 1 atom stereocenters. The summed E-state index contributed by atoms with van der Waals surface area (Å²) in [6.45, 7) is 0.165. The first-order valence-electron chi connectivity index (χ1n) is 12.2. The molecule has 2 amide bonds. The first kappa shape index (κ1) is 24.4. The van der Waals surface area contributed by atoms with Gasteiger partial charge in [-0.2, -0.15) is 0 Å². The van der Waals surface area contributed by atoms with Crippen LogP contribution in [0.3, 0.4) is 0 Å². The van der Waals surface area contributed by atoms with Crippen molar-refractivity contribution in [3.8, 4) is 5.69 Å². The summed E-state index contributed by atoms with van der Waals surface area (Å²) in [6, 6.07) is 20.1. The van der Waals surface area contributed by atoms with Gasteiger partial charge in [-0.25, -0.2) is 9.97 Å². The first-order valence-corrected chi connectivity index (χ1v) is 12.6. The number of pyridine rings is 2. The lowest BCUT2D eigenvalue weighted by Gasteiger charge is -2.29. The maximum Gasteiger partial charge on any atom is 0.284 e. The topological polar surface area (TPSA) is 110 Å². The number of hydrogen-bond donors (Lipinski definition) is 1. The molecule has 0 saturated heterocycles. The molecule has 0 radical (unpaired) electrons. The lowest BCUT2D eigenvalue weighted by molar-refractivity contribution is -0.120. The Morgan fingerprint density at radius 2 is 1.69 bits per heavy atom. The molecule has 1 aliphatic rings. The van der Waals surface area contributed by atoms with E-state index in [1.165, 1.54) is 10.9 Å². The quantitative estimate of drug-likeness (QED) is 0.363. The number of halogens is 1. The summed E-state index contributed by atoms with van der Waals surface area (Å²) in [5.41, 5.74) is 3.32. The van der Waals surface area contributed by atoms with Crippen LogP contribution in [0.25, 0.3) is 16.7 Å². The van der Waals surface area contributed by atoms with Crippen LogP contribution in [0.5, 0.6) is 0 Å². The average molecular weight is 537 g/mol. The van der Waals surface area contributed by atoms with Crippen molar-refractivity contribution in [2.24, 2.45) is 0 Å². The molecule has 1 unspecified atom stereocenters. The standard InChI is InChI=1S/C29H21ClN6O3/c30-19-8-11-22-24(14-19)34-27(37)25(15-20-4-1-2-12-31-20)35(28(22)38)16-18-6-9-21(10-7-18)36-17-33-23-5-3-13-32-26(23)29(36)39/h1-14,17,25H,15-16H2,(H,34,37). The summed E-state index contributed by atoms with van der Waals surface area (Å²) in [5, 5.41) is 3.28. The van der Waals surface area contributed by atoms with Crippen molar-refractivity contribution < 1.29 is 9.59 Å². The Kier molecular flexibility index (Phi) is 6.34. The molecule has 1 aliphatic heterocycles. The zero-order chi connectivity index (χ0) is 26.9. The summed E-state index contributed by atoms with van der Waals surface area (Å²) < 4.78 is 1.42. The second-order valence-electron chi connectivity index (χ2n) is 9.11. The molecule has 0 fully saturated rings. The third-order valence-corrected chi connectivity index (χ3v) is 6.86. The van der Waals surface area contributed by atoms with Crippen LogP contribution in [0.1, 0.15) is 21.6 Å². The van der Waals surface area contributed by atoms with Crippen molar-refractivity contribution in [1.82, 2.24) is 24.4 Å². The maximum atomic E-state index is 13.8. The van der Waals surface area contributed by atoms with Crippen LogP contribution in [-0.4, -0.2) is 42.3 Å². The molecule has 0 saturated carbocycles. The van der Waals surface area contributed by atoms with Gasteiger partial charge in [-0.15, -0.1) is 0 Å². The fourth-order valence-corrected chi connectivity index (χ4v) is 4.83. The van der Waals surface area contributed by atoms with Gasteiger partial charge in [-0.05, 0) is 60.2 Å². The van der Waals surface area contributed by atoms with E-state index in [0.29, 0.717) is 33.2 Å². The first-order chi connectivity index (χ1) is 19.0. The van der Waals surface area contributed by atoms with Crippen molar-refractivity contribution in [2.45, 2.75) is 19.0 Å². The normalized spacial score (nSPS) is 15.1. The van der Waals surface area contributed by atoms with Crippen LogP contribution in [0.4, 0.5) is 5.69 Å². The molecule has 2 aromatic carbocycles. The predicted molar refractivity (Wildman–Crippen MR) is 147 cm³/mol. The highest BCUT2D eigenvalue weighted by atomic mass is 35.5. The number of amides is 2. The molecule has 4 heterocycles. The molecule has 6 rings (SSSR count). The fourth-order valence-electron chi connectivity index (χ4n) is 4.66. The van der Waals surface area contributed by atoms with Gasteiger partial charge in [0.15, 0.2) is 5.52 Å². The van der Waals surface area contributed by atoms with E-state index in [-0.39, 0.29) is 35.9 Å². The van der Waals surface area contributed by atoms with Gasteiger partial charge in [0.25, 0.3) is 11.5 Å². The van der Waals surface area contributed by atoms with E-state index >= 15 is 0 Å². The zero-order valence-corrected chi connectivity index (χ0v) is 21.2. The van der Waals surface area contributed by atoms with E-state index in [4.69, 9.17) is 11.6 Å². The number of nitrogens with zero attached hydrogens (tertiary/aromatic N) is 5. The van der Waals surface area contributed by atoms with E-state index in [2.05, 4.69) is 20.3 Å². The molecule has 0 aliphatic carbocycles. The summed E-state index contributed by atoms with van der Waals surface area (Å²) >= 11 is 6.15. The number of carbonyl (C=O) groups excluding carboxylic acids is 2. The van der Waals surface area contributed by atoms with Gasteiger partial charge in [-0.3, -0.25) is 23.9 Å². The molecule has 192 valence electrons. The minimum absolute atomic E-state index is 0.165. The Hall–Kier alpha value is -4.89. The molecular formula is C29H21ClN6O3. The molecular weight excluding hydrogens is 516 g/mol. The minimum atomic E-state index is -0.809. The largest absolute Gasteiger partial charge is 0.323 e. The SMILES string of the molecule is O=C1Nc2cc(Cl)ccc2C(=O)N(Cc2ccc(-n3cnc4cccnc4c3=O)cc2)C1Cc1ccccn1. The number of benzene rings is 2. The molecule has 9 nitrogen and oxygen atoms in total. The number of rotatable bonds is 5. The number of anilines is 1. The molecule has 0 spiro atoms.